The molecule has 3 heterocycles. The van der Waals surface area contributed by atoms with Crippen molar-refractivity contribution in [1.29, 1.82) is 0 Å². The Morgan fingerprint density at radius 1 is 1.35 bits per heavy atom. The van der Waals surface area contributed by atoms with Crippen LogP contribution in [0.2, 0.25) is 0 Å². The van der Waals surface area contributed by atoms with E-state index in [0.717, 1.165) is 38.6 Å². The Morgan fingerprint density at radius 3 is 3.05 bits per heavy atom. The van der Waals surface area contributed by atoms with Gasteiger partial charge in [0.1, 0.15) is 12.2 Å². The molecule has 0 spiro atoms. The molecule has 112 valence electrons. The molecule has 20 heavy (non-hydrogen) atoms. The number of hydrogen-bond donors (Lipinski definition) is 1. The summed E-state index contributed by atoms with van der Waals surface area (Å²) in [5.74, 6) is 0.752. The van der Waals surface area contributed by atoms with Gasteiger partial charge in [0.25, 0.3) is 0 Å². The van der Waals surface area contributed by atoms with Gasteiger partial charge in [-0.3, -0.25) is 0 Å². The van der Waals surface area contributed by atoms with Crippen molar-refractivity contribution in [3.63, 3.8) is 0 Å². The monoisotopic (exact) mass is 300 g/mol. The molecule has 3 rings (SSSR count). The highest BCUT2D eigenvalue weighted by Gasteiger charge is 2.29. The van der Waals surface area contributed by atoms with E-state index in [2.05, 4.69) is 14.8 Å². The lowest BCUT2D eigenvalue weighted by atomic mass is 10.1. The Kier molecular flexibility index (Phi) is 4.04. The van der Waals surface area contributed by atoms with Crippen molar-refractivity contribution in [1.82, 2.24) is 19.5 Å². The molecule has 0 aliphatic carbocycles. The predicted octanol–water partition coefficient (Wildman–Crippen LogP) is 0.601. The maximum absolute atomic E-state index is 12.3. The summed E-state index contributed by atoms with van der Waals surface area (Å²) in [5.41, 5.74) is 0. The number of aryl methyl sites for hydroxylation is 1. The van der Waals surface area contributed by atoms with E-state index in [0.29, 0.717) is 12.4 Å². The Morgan fingerprint density at radius 2 is 2.25 bits per heavy atom. The van der Waals surface area contributed by atoms with Gasteiger partial charge >= 0.3 is 0 Å². The molecule has 0 bridgehead atoms. The summed E-state index contributed by atoms with van der Waals surface area (Å²) in [7, 11) is -3.36. The fourth-order valence-electron chi connectivity index (χ4n) is 2.85. The first-order chi connectivity index (χ1) is 9.64. The Bertz CT molecular complexity index is 551. The maximum atomic E-state index is 12.3. The number of aromatic nitrogens is 3. The SMILES string of the molecule is O=S(=O)(C[C@@H]1CCCCO1)N[C@H]1CCCn2ncnc21. The second kappa shape index (κ2) is 5.79. The first-order valence-electron chi connectivity index (χ1n) is 7.13. The van der Waals surface area contributed by atoms with Crippen LogP contribution in [0.3, 0.4) is 0 Å². The van der Waals surface area contributed by atoms with Crippen molar-refractivity contribution < 1.29 is 13.2 Å². The highest BCUT2D eigenvalue weighted by atomic mass is 32.2. The Labute approximate surface area is 118 Å². The van der Waals surface area contributed by atoms with Crippen molar-refractivity contribution >= 4 is 10.0 Å². The van der Waals surface area contributed by atoms with E-state index in [4.69, 9.17) is 4.74 Å². The summed E-state index contributed by atoms with van der Waals surface area (Å²) in [6, 6.07) is -0.264. The van der Waals surface area contributed by atoms with Crippen molar-refractivity contribution in [2.45, 2.75) is 50.8 Å². The van der Waals surface area contributed by atoms with E-state index in [1.54, 1.807) is 4.68 Å². The molecule has 1 aromatic heterocycles. The minimum Gasteiger partial charge on any atom is -0.377 e. The lowest BCUT2D eigenvalue weighted by Crippen LogP contribution is -2.39. The summed E-state index contributed by atoms with van der Waals surface area (Å²) in [6.07, 6.45) is 5.86. The summed E-state index contributed by atoms with van der Waals surface area (Å²) in [5, 5.41) is 4.10. The molecule has 0 saturated carbocycles. The summed E-state index contributed by atoms with van der Waals surface area (Å²) >= 11 is 0. The highest BCUT2D eigenvalue weighted by Crippen LogP contribution is 2.23. The van der Waals surface area contributed by atoms with E-state index in [1.165, 1.54) is 6.33 Å². The van der Waals surface area contributed by atoms with Gasteiger partial charge < -0.3 is 4.74 Å². The third-order valence-corrected chi connectivity index (χ3v) is 5.28. The fraction of sp³-hybridized carbons (Fsp3) is 0.833. The lowest BCUT2D eigenvalue weighted by molar-refractivity contribution is 0.0303. The first kappa shape index (κ1) is 14.0. The van der Waals surface area contributed by atoms with Gasteiger partial charge in [0.05, 0.1) is 17.9 Å². The van der Waals surface area contributed by atoms with Gasteiger partial charge in [-0.15, -0.1) is 0 Å². The third kappa shape index (κ3) is 3.18. The largest absolute Gasteiger partial charge is 0.377 e. The molecule has 1 aromatic rings. The van der Waals surface area contributed by atoms with Gasteiger partial charge in [-0.1, -0.05) is 0 Å². The van der Waals surface area contributed by atoms with Gasteiger partial charge in [-0.25, -0.2) is 22.8 Å². The number of sulfonamides is 1. The number of rotatable bonds is 4. The molecule has 0 amide bonds. The predicted molar refractivity (Wildman–Crippen MR) is 72.5 cm³/mol. The third-order valence-electron chi connectivity index (χ3n) is 3.82. The van der Waals surface area contributed by atoms with Gasteiger partial charge in [-0.2, -0.15) is 5.10 Å². The molecule has 2 aliphatic heterocycles. The van der Waals surface area contributed by atoms with Gasteiger partial charge in [-0.05, 0) is 32.1 Å². The van der Waals surface area contributed by atoms with Crippen LogP contribution in [0.5, 0.6) is 0 Å². The van der Waals surface area contributed by atoms with Gasteiger partial charge in [0.15, 0.2) is 0 Å². The second-order valence-electron chi connectivity index (χ2n) is 5.42. The average Bonchev–Trinajstić information content (AvgIpc) is 2.88. The average molecular weight is 300 g/mol. The number of nitrogens with zero attached hydrogens (tertiary/aromatic N) is 3. The summed E-state index contributed by atoms with van der Waals surface area (Å²) in [6.45, 7) is 1.47. The van der Waals surface area contributed by atoms with E-state index in [9.17, 15) is 8.42 Å². The molecular weight excluding hydrogens is 280 g/mol. The quantitative estimate of drug-likeness (QED) is 0.880. The lowest BCUT2D eigenvalue weighted by Gasteiger charge is -2.26. The fourth-order valence-corrected chi connectivity index (χ4v) is 4.35. The van der Waals surface area contributed by atoms with Crippen molar-refractivity contribution in [3.8, 4) is 0 Å². The maximum Gasteiger partial charge on any atom is 0.214 e. The molecule has 2 atom stereocenters. The molecule has 0 aromatic carbocycles. The van der Waals surface area contributed by atoms with Crippen LogP contribution in [-0.2, 0) is 21.3 Å². The van der Waals surface area contributed by atoms with Crippen molar-refractivity contribution in [2.24, 2.45) is 0 Å². The number of hydrogen-bond acceptors (Lipinski definition) is 5. The molecule has 8 heteroatoms. The number of ether oxygens (including phenoxy) is 1. The highest BCUT2D eigenvalue weighted by molar-refractivity contribution is 7.89. The Hall–Kier alpha value is -0.990. The van der Waals surface area contributed by atoms with Crippen LogP contribution in [0.1, 0.15) is 44.0 Å². The molecule has 0 unspecified atom stereocenters. The van der Waals surface area contributed by atoms with Crippen LogP contribution in [0.4, 0.5) is 0 Å². The summed E-state index contributed by atoms with van der Waals surface area (Å²) in [4.78, 5) is 4.16. The van der Waals surface area contributed by atoms with Crippen molar-refractivity contribution in [2.75, 3.05) is 12.4 Å². The van der Waals surface area contributed by atoms with E-state index < -0.39 is 10.0 Å². The van der Waals surface area contributed by atoms with Crippen LogP contribution in [0.25, 0.3) is 0 Å². The molecular formula is C12H20N4O3S. The first-order valence-corrected chi connectivity index (χ1v) is 8.78. The van der Waals surface area contributed by atoms with Crippen molar-refractivity contribution in [3.05, 3.63) is 12.2 Å². The van der Waals surface area contributed by atoms with Crippen LogP contribution in [0, 0.1) is 0 Å². The topological polar surface area (TPSA) is 86.1 Å². The minimum absolute atomic E-state index is 0.0393. The standard InChI is InChI=1S/C12H20N4O3S/c17-20(18,8-10-4-1-2-7-19-10)15-11-5-3-6-16-12(11)13-9-14-16/h9-11,15H,1-8H2/t10-,11-/m0/s1. The van der Waals surface area contributed by atoms with Crippen LogP contribution in [-0.4, -0.2) is 41.6 Å². The van der Waals surface area contributed by atoms with Crippen LogP contribution < -0.4 is 4.72 Å². The normalized spacial score (nSPS) is 27.2. The van der Waals surface area contributed by atoms with Gasteiger partial charge in [0, 0.05) is 13.2 Å². The van der Waals surface area contributed by atoms with E-state index >= 15 is 0 Å². The van der Waals surface area contributed by atoms with Crippen LogP contribution >= 0.6 is 0 Å². The molecule has 1 saturated heterocycles. The minimum atomic E-state index is -3.36. The van der Waals surface area contributed by atoms with E-state index in [-0.39, 0.29) is 17.9 Å². The molecule has 0 radical (unpaired) electrons. The molecule has 1 N–H and O–H groups in total. The zero-order valence-corrected chi connectivity index (χ0v) is 12.2. The Balaban J connectivity index is 1.65. The van der Waals surface area contributed by atoms with Crippen LogP contribution in [0.15, 0.2) is 6.33 Å². The second-order valence-corrected chi connectivity index (χ2v) is 7.22. The van der Waals surface area contributed by atoms with Gasteiger partial charge in [0.2, 0.25) is 10.0 Å². The number of fused-ring (bicyclic) bond motifs is 1. The molecule has 1 fully saturated rings. The zero-order chi connectivity index (χ0) is 14.0. The smallest absolute Gasteiger partial charge is 0.214 e. The molecule has 7 nitrogen and oxygen atoms in total. The number of nitrogens with one attached hydrogen (secondary N) is 1. The summed E-state index contributed by atoms with van der Waals surface area (Å²) < 4.78 is 34.5. The zero-order valence-electron chi connectivity index (χ0n) is 11.4. The molecule has 2 aliphatic rings. The van der Waals surface area contributed by atoms with E-state index in [1.807, 2.05) is 0 Å².